The topological polar surface area (TPSA) is 69.6 Å². The molecule has 7 heteroatoms. The Hall–Kier alpha value is -2.61. The van der Waals surface area contributed by atoms with E-state index >= 15 is 0 Å². The van der Waals surface area contributed by atoms with Crippen molar-refractivity contribution < 1.29 is 17.9 Å². The van der Waals surface area contributed by atoms with Crippen LogP contribution in [0.15, 0.2) is 59.6 Å². The largest absolute Gasteiger partial charge is 0.493 e. The number of methoxy groups -OCH3 is 1. The van der Waals surface area contributed by atoms with Crippen LogP contribution in [0, 0.1) is 0 Å². The van der Waals surface area contributed by atoms with Gasteiger partial charge >= 0.3 is 0 Å². The van der Waals surface area contributed by atoms with Crippen LogP contribution in [0.2, 0.25) is 0 Å². The van der Waals surface area contributed by atoms with E-state index in [1.165, 1.54) is 9.54 Å². The molecule has 0 bridgehead atoms. The Morgan fingerprint density at radius 3 is 2.67 bits per heavy atom. The molecular formula is C26H32N2O4S. The minimum Gasteiger partial charge on any atom is -0.493 e. The number of hydrogen-bond donors (Lipinski definition) is 1. The number of hydrogen-bond acceptors (Lipinski definition) is 5. The third-order valence-electron chi connectivity index (χ3n) is 6.05. The molecule has 4 rings (SSSR count). The molecule has 2 aromatic carbocycles. The summed E-state index contributed by atoms with van der Waals surface area (Å²) in [7, 11) is -0.285. The predicted molar refractivity (Wildman–Crippen MR) is 130 cm³/mol. The fourth-order valence-corrected chi connectivity index (χ4v) is 5.94. The fourth-order valence-electron chi connectivity index (χ4n) is 4.48. The first-order valence-corrected chi connectivity index (χ1v) is 12.9. The molecule has 0 saturated heterocycles. The van der Waals surface area contributed by atoms with Crippen LogP contribution in [0.4, 0.5) is 0 Å². The van der Waals surface area contributed by atoms with Gasteiger partial charge in [-0.2, -0.15) is 0 Å². The molecule has 0 spiro atoms. The van der Waals surface area contributed by atoms with Gasteiger partial charge in [0.05, 0.1) is 17.2 Å². The molecule has 176 valence electrons. The normalized spacial score (nSPS) is 13.6. The zero-order chi connectivity index (χ0) is 23.3. The molecule has 1 aromatic heterocycles. The van der Waals surface area contributed by atoms with Gasteiger partial charge in [0.2, 0.25) is 0 Å². The lowest BCUT2D eigenvalue weighted by atomic mass is 9.91. The van der Waals surface area contributed by atoms with Crippen LogP contribution < -0.4 is 10.1 Å². The average molecular weight is 469 g/mol. The second-order valence-electron chi connectivity index (χ2n) is 8.35. The molecule has 0 amide bonds. The van der Waals surface area contributed by atoms with Crippen molar-refractivity contribution >= 4 is 10.0 Å². The first kappa shape index (κ1) is 23.5. The number of nitrogens with zero attached hydrogens (tertiary/aromatic N) is 1. The molecule has 1 aliphatic rings. The number of ether oxygens (including phenoxy) is 2. The Bertz CT molecular complexity index is 1200. The van der Waals surface area contributed by atoms with Crippen molar-refractivity contribution in [3.63, 3.8) is 0 Å². The summed E-state index contributed by atoms with van der Waals surface area (Å²) in [5.41, 5.74) is 5.14. The van der Waals surface area contributed by atoms with Gasteiger partial charge in [-0.3, -0.25) is 0 Å². The van der Waals surface area contributed by atoms with Gasteiger partial charge in [-0.05, 0) is 61.6 Å². The van der Waals surface area contributed by atoms with Crippen LogP contribution >= 0.6 is 0 Å². The molecule has 1 aliphatic carbocycles. The fraction of sp³-hybridized carbons (Fsp3) is 0.385. The zero-order valence-electron chi connectivity index (χ0n) is 19.3. The third kappa shape index (κ3) is 5.00. The van der Waals surface area contributed by atoms with Crippen molar-refractivity contribution in [2.45, 2.75) is 43.5 Å². The SMILES string of the molecule is CNCc1cn(S(=O)(=O)c2cccc(OCCCOC)c2)c2c1CCCCc1ccccc1-2. The highest BCUT2D eigenvalue weighted by Crippen LogP contribution is 2.37. The van der Waals surface area contributed by atoms with Gasteiger partial charge < -0.3 is 14.8 Å². The second-order valence-corrected chi connectivity index (χ2v) is 10.2. The second kappa shape index (κ2) is 10.5. The molecule has 0 saturated carbocycles. The number of nitrogens with one attached hydrogen (secondary N) is 1. The summed E-state index contributed by atoms with van der Waals surface area (Å²) in [5, 5.41) is 3.20. The number of aryl methyl sites for hydroxylation is 1. The van der Waals surface area contributed by atoms with E-state index < -0.39 is 10.0 Å². The Morgan fingerprint density at radius 1 is 1.03 bits per heavy atom. The van der Waals surface area contributed by atoms with Gasteiger partial charge in [-0.25, -0.2) is 12.4 Å². The van der Waals surface area contributed by atoms with Crippen molar-refractivity contribution in [3.05, 3.63) is 71.4 Å². The monoisotopic (exact) mass is 468 g/mol. The van der Waals surface area contributed by atoms with Crippen molar-refractivity contribution in [1.29, 1.82) is 0 Å². The Balaban J connectivity index is 1.81. The number of rotatable bonds is 9. The van der Waals surface area contributed by atoms with Gasteiger partial charge in [0.15, 0.2) is 0 Å². The Morgan fingerprint density at radius 2 is 1.85 bits per heavy atom. The summed E-state index contributed by atoms with van der Waals surface area (Å²) in [5.74, 6) is 0.540. The average Bonchev–Trinajstić information content (AvgIpc) is 3.16. The minimum atomic E-state index is -3.82. The molecule has 33 heavy (non-hydrogen) atoms. The smallest absolute Gasteiger partial charge is 0.268 e. The molecule has 0 aliphatic heterocycles. The maximum atomic E-state index is 13.9. The van der Waals surface area contributed by atoms with E-state index in [2.05, 4.69) is 11.4 Å². The van der Waals surface area contributed by atoms with Crippen molar-refractivity contribution in [3.8, 4) is 17.0 Å². The lowest BCUT2D eigenvalue weighted by Gasteiger charge is -2.19. The van der Waals surface area contributed by atoms with Gasteiger partial charge in [-0.1, -0.05) is 30.3 Å². The molecular weight excluding hydrogens is 436 g/mol. The third-order valence-corrected chi connectivity index (χ3v) is 7.71. The van der Waals surface area contributed by atoms with Crippen LogP contribution in [0.25, 0.3) is 11.3 Å². The molecule has 3 aromatic rings. The highest BCUT2D eigenvalue weighted by molar-refractivity contribution is 7.90. The Labute approximate surface area is 196 Å². The summed E-state index contributed by atoms with van der Waals surface area (Å²) in [6.07, 6.45) is 6.48. The molecule has 1 heterocycles. The summed E-state index contributed by atoms with van der Waals surface area (Å²) < 4.78 is 40.2. The van der Waals surface area contributed by atoms with Gasteiger partial charge in [-0.15, -0.1) is 0 Å². The minimum absolute atomic E-state index is 0.222. The van der Waals surface area contributed by atoms with Crippen LogP contribution in [0.3, 0.4) is 0 Å². The molecule has 1 N–H and O–H groups in total. The highest BCUT2D eigenvalue weighted by Gasteiger charge is 2.28. The zero-order valence-corrected chi connectivity index (χ0v) is 20.2. The van der Waals surface area contributed by atoms with Crippen LogP contribution in [-0.2, 0) is 34.1 Å². The van der Waals surface area contributed by atoms with E-state index in [0.29, 0.717) is 25.5 Å². The predicted octanol–water partition coefficient (Wildman–Crippen LogP) is 4.41. The maximum Gasteiger partial charge on any atom is 0.268 e. The highest BCUT2D eigenvalue weighted by atomic mass is 32.2. The molecule has 0 atom stereocenters. The molecule has 0 unspecified atom stereocenters. The number of aromatic nitrogens is 1. The molecule has 0 fully saturated rings. The van der Waals surface area contributed by atoms with E-state index in [4.69, 9.17) is 9.47 Å². The van der Waals surface area contributed by atoms with E-state index in [-0.39, 0.29) is 4.90 Å². The van der Waals surface area contributed by atoms with Gasteiger partial charge in [0, 0.05) is 44.5 Å². The van der Waals surface area contributed by atoms with Gasteiger partial charge in [0.25, 0.3) is 10.0 Å². The van der Waals surface area contributed by atoms with E-state index in [9.17, 15) is 8.42 Å². The molecule has 6 nitrogen and oxygen atoms in total. The summed E-state index contributed by atoms with van der Waals surface area (Å²) in [4.78, 5) is 0.222. The van der Waals surface area contributed by atoms with Crippen LogP contribution in [-0.4, -0.2) is 39.8 Å². The standard InChI is InChI=1S/C26H32N2O4S/c1-27-18-21-19-28(26-24-13-5-3-9-20(24)10-4-6-14-25(21)26)33(29,30)23-12-7-11-22(17-23)32-16-8-15-31-2/h3,5,7,9,11-13,17,19,27H,4,6,8,10,14-16,18H2,1-2H3. The van der Waals surface area contributed by atoms with Crippen LogP contribution in [0.1, 0.15) is 36.0 Å². The van der Waals surface area contributed by atoms with Crippen molar-refractivity contribution in [2.24, 2.45) is 0 Å². The van der Waals surface area contributed by atoms with Gasteiger partial charge in [0.1, 0.15) is 5.75 Å². The van der Waals surface area contributed by atoms with E-state index in [0.717, 1.165) is 54.5 Å². The number of benzene rings is 2. The van der Waals surface area contributed by atoms with Crippen LogP contribution in [0.5, 0.6) is 5.75 Å². The lowest BCUT2D eigenvalue weighted by Crippen LogP contribution is -2.15. The summed E-state index contributed by atoms with van der Waals surface area (Å²) >= 11 is 0. The first-order chi connectivity index (χ1) is 16.1. The van der Waals surface area contributed by atoms with E-state index in [1.54, 1.807) is 37.6 Å². The summed E-state index contributed by atoms with van der Waals surface area (Å²) in [6.45, 7) is 1.69. The lowest BCUT2D eigenvalue weighted by molar-refractivity contribution is 0.172. The van der Waals surface area contributed by atoms with E-state index in [1.807, 2.05) is 25.2 Å². The van der Waals surface area contributed by atoms with Crippen molar-refractivity contribution in [2.75, 3.05) is 27.4 Å². The van der Waals surface area contributed by atoms with Crippen molar-refractivity contribution in [1.82, 2.24) is 9.29 Å². The maximum absolute atomic E-state index is 13.9. The Kier molecular flexibility index (Phi) is 7.53. The quantitative estimate of drug-likeness (QED) is 0.471. The summed E-state index contributed by atoms with van der Waals surface area (Å²) in [6, 6.07) is 14.9. The molecule has 0 radical (unpaired) electrons. The number of fused-ring (bicyclic) bond motifs is 3. The first-order valence-electron chi connectivity index (χ1n) is 11.5.